The first-order valence-electron chi connectivity index (χ1n) is 2.33. The Morgan fingerprint density at radius 1 is 1.89 bits per heavy atom. The Morgan fingerprint density at radius 2 is 2.67 bits per heavy atom. The van der Waals surface area contributed by atoms with E-state index in [1.807, 2.05) is 0 Å². The fourth-order valence-corrected chi connectivity index (χ4v) is 0.895. The number of halogens is 1. The molecule has 0 aliphatic rings. The zero-order valence-corrected chi connectivity index (χ0v) is 6.09. The molecule has 0 saturated carbocycles. The zero-order chi connectivity index (χ0) is 6.69. The maximum atomic E-state index is 10.1. The van der Waals surface area contributed by atoms with Crippen LogP contribution in [0.4, 0.5) is 0 Å². The summed E-state index contributed by atoms with van der Waals surface area (Å²) in [6, 6.07) is 0. The average Bonchev–Trinajstić information content (AvgIpc) is 2.33. The molecule has 0 aliphatic heterocycles. The number of carbonyl (C=O) groups is 1. The van der Waals surface area contributed by atoms with Gasteiger partial charge in [-0.1, -0.05) is 21.1 Å². The molecule has 1 rings (SSSR count). The van der Waals surface area contributed by atoms with Crippen molar-refractivity contribution in [1.29, 1.82) is 0 Å². The SMILES string of the molecule is O=Cc1cnoc1CBr. The molecule has 1 aromatic rings. The first kappa shape index (κ1) is 6.48. The molecule has 4 heteroatoms. The number of aromatic nitrogens is 1. The molecule has 0 atom stereocenters. The molecule has 0 radical (unpaired) electrons. The third-order valence-corrected chi connectivity index (χ3v) is 1.43. The normalized spacial score (nSPS) is 9.44. The molecule has 0 spiro atoms. The number of rotatable bonds is 2. The van der Waals surface area contributed by atoms with Gasteiger partial charge in [0.05, 0.1) is 17.1 Å². The Kier molecular flexibility index (Phi) is 2.00. The van der Waals surface area contributed by atoms with Crippen molar-refractivity contribution in [1.82, 2.24) is 5.16 Å². The quantitative estimate of drug-likeness (QED) is 0.522. The highest BCUT2D eigenvalue weighted by Crippen LogP contribution is 2.08. The topological polar surface area (TPSA) is 43.1 Å². The fourth-order valence-electron chi connectivity index (χ4n) is 0.469. The van der Waals surface area contributed by atoms with Crippen molar-refractivity contribution >= 4 is 22.2 Å². The van der Waals surface area contributed by atoms with Gasteiger partial charge in [0.1, 0.15) is 0 Å². The summed E-state index contributed by atoms with van der Waals surface area (Å²) < 4.78 is 4.68. The smallest absolute Gasteiger partial charge is 0.157 e. The van der Waals surface area contributed by atoms with Crippen LogP contribution in [-0.2, 0) is 5.33 Å². The summed E-state index contributed by atoms with van der Waals surface area (Å²) in [5, 5.41) is 3.96. The third kappa shape index (κ3) is 1.18. The third-order valence-electron chi connectivity index (χ3n) is 0.925. The van der Waals surface area contributed by atoms with E-state index in [-0.39, 0.29) is 0 Å². The predicted octanol–water partition coefficient (Wildman–Crippen LogP) is 1.38. The minimum absolute atomic E-state index is 0.506. The molecule has 0 unspecified atom stereocenters. The maximum Gasteiger partial charge on any atom is 0.157 e. The Morgan fingerprint density at radius 3 is 3.11 bits per heavy atom. The molecule has 0 amide bonds. The summed E-state index contributed by atoms with van der Waals surface area (Å²) >= 11 is 3.14. The zero-order valence-electron chi connectivity index (χ0n) is 4.50. The van der Waals surface area contributed by atoms with Gasteiger partial charge in [0.2, 0.25) is 0 Å². The van der Waals surface area contributed by atoms with Gasteiger partial charge in [-0.3, -0.25) is 4.79 Å². The number of aldehydes is 1. The summed E-state index contributed by atoms with van der Waals surface area (Å²) in [5.74, 6) is 0.574. The predicted molar refractivity (Wildman–Crippen MR) is 34.5 cm³/mol. The average molecular weight is 190 g/mol. The van der Waals surface area contributed by atoms with E-state index < -0.39 is 0 Å². The molecule has 0 fully saturated rings. The van der Waals surface area contributed by atoms with E-state index in [0.29, 0.717) is 22.9 Å². The van der Waals surface area contributed by atoms with Crippen LogP contribution in [0.2, 0.25) is 0 Å². The fraction of sp³-hybridized carbons (Fsp3) is 0.200. The number of hydrogen-bond acceptors (Lipinski definition) is 3. The van der Waals surface area contributed by atoms with Gasteiger partial charge in [0.15, 0.2) is 12.0 Å². The Hall–Kier alpha value is -0.640. The van der Waals surface area contributed by atoms with E-state index in [0.717, 1.165) is 0 Å². The second-order valence-electron chi connectivity index (χ2n) is 1.46. The minimum Gasteiger partial charge on any atom is -0.360 e. The molecule has 0 bridgehead atoms. The van der Waals surface area contributed by atoms with Crippen LogP contribution in [0.25, 0.3) is 0 Å². The molecule has 1 heterocycles. The van der Waals surface area contributed by atoms with Gasteiger partial charge in [0.25, 0.3) is 0 Å². The molecule has 0 N–H and O–H groups in total. The van der Waals surface area contributed by atoms with Gasteiger partial charge in [0, 0.05) is 0 Å². The molecule has 48 valence electrons. The van der Waals surface area contributed by atoms with Crippen LogP contribution in [0, 0.1) is 0 Å². The van der Waals surface area contributed by atoms with Crippen molar-refractivity contribution in [2.45, 2.75) is 5.33 Å². The largest absolute Gasteiger partial charge is 0.360 e. The van der Waals surface area contributed by atoms with Crippen LogP contribution in [0.1, 0.15) is 16.1 Å². The van der Waals surface area contributed by atoms with Crippen LogP contribution in [-0.4, -0.2) is 11.4 Å². The van der Waals surface area contributed by atoms with Crippen LogP contribution in [0.3, 0.4) is 0 Å². The van der Waals surface area contributed by atoms with Crippen molar-refractivity contribution in [3.8, 4) is 0 Å². The highest BCUT2D eigenvalue weighted by molar-refractivity contribution is 9.08. The highest BCUT2D eigenvalue weighted by atomic mass is 79.9. The molecule has 0 saturated heterocycles. The Bertz CT molecular complexity index is 208. The van der Waals surface area contributed by atoms with Crippen molar-refractivity contribution in [3.05, 3.63) is 17.5 Å². The van der Waals surface area contributed by atoms with Crippen LogP contribution in [0.15, 0.2) is 10.7 Å². The lowest BCUT2D eigenvalue weighted by molar-refractivity contribution is 0.112. The Balaban J connectivity index is 2.98. The van der Waals surface area contributed by atoms with E-state index in [1.54, 1.807) is 0 Å². The van der Waals surface area contributed by atoms with Crippen LogP contribution < -0.4 is 0 Å². The van der Waals surface area contributed by atoms with E-state index in [2.05, 4.69) is 25.6 Å². The number of nitrogens with zero attached hydrogens (tertiary/aromatic N) is 1. The second kappa shape index (κ2) is 2.77. The van der Waals surface area contributed by atoms with E-state index in [1.165, 1.54) is 6.20 Å². The van der Waals surface area contributed by atoms with Crippen molar-refractivity contribution < 1.29 is 9.32 Å². The highest BCUT2D eigenvalue weighted by Gasteiger charge is 2.02. The summed E-state index contributed by atoms with van der Waals surface area (Å²) in [6.45, 7) is 0. The molecular formula is C5H4BrNO2. The van der Waals surface area contributed by atoms with Crippen LogP contribution in [0.5, 0.6) is 0 Å². The summed E-state index contributed by atoms with van der Waals surface area (Å²) in [4.78, 5) is 10.1. The number of alkyl halides is 1. The van der Waals surface area contributed by atoms with Gasteiger partial charge in [-0.25, -0.2) is 0 Å². The monoisotopic (exact) mass is 189 g/mol. The summed E-state index contributed by atoms with van der Waals surface area (Å²) in [7, 11) is 0. The van der Waals surface area contributed by atoms with Crippen LogP contribution >= 0.6 is 15.9 Å². The lowest BCUT2D eigenvalue weighted by Gasteiger charge is -1.81. The number of hydrogen-bond donors (Lipinski definition) is 0. The standard InChI is InChI=1S/C5H4BrNO2/c6-1-5-4(3-8)2-7-9-5/h2-3H,1H2. The van der Waals surface area contributed by atoms with E-state index >= 15 is 0 Å². The lowest BCUT2D eigenvalue weighted by atomic mass is 10.3. The molecule has 0 aromatic carbocycles. The van der Waals surface area contributed by atoms with E-state index in [4.69, 9.17) is 0 Å². The van der Waals surface area contributed by atoms with Gasteiger partial charge in [-0.05, 0) is 0 Å². The minimum atomic E-state index is 0.506. The van der Waals surface area contributed by atoms with Gasteiger partial charge in [-0.2, -0.15) is 0 Å². The molecule has 0 aliphatic carbocycles. The first-order chi connectivity index (χ1) is 4.38. The second-order valence-corrected chi connectivity index (χ2v) is 2.02. The Labute approximate surface area is 60.2 Å². The van der Waals surface area contributed by atoms with Crippen molar-refractivity contribution in [3.63, 3.8) is 0 Å². The van der Waals surface area contributed by atoms with Crippen molar-refractivity contribution in [2.75, 3.05) is 0 Å². The maximum absolute atomic E-state index is 10.1. The molecule has 1 aromatic heterocycles. The molecule has 9 heavy (non-hydrogen) atoms. The number of carbonyl (C=O) groups excluding carboxylic acids is 1. The summed E-state index contributed by atoms with van der Waals surface area (Å²) in [6.07, 6.45) is 2.11. The van der Waals surface area contributed by atoms with Gasteiger partial charge in [-0.15, -0.1) is 0 Å². The molecule has 3 nitrogen and oxygen atoms in total. The van der Waals surface area contributed by atoms with Gasteiger partial charge < -0.3 is 4.52 Å². The van der Waals surface area contributed by atoms with Gasteiger partial charge >= 0.3 is 0 Å². The van der Waals surface area contributed by atoms with Crippen molar-refractivity contribution in [2.24, 2.45) is 0 Å². The lowest BCUT2D eigenvalue weighted by Crippen LogP contribution is -1.79. The van der Waals surface area contributed by atoms with E-state index in [9.17, 15) is 4.79 Å². The first-order valence-corrected chi connectivity index (χ1v) is 3.45. The summed E-state index contributed by atoms with van der Waals surface area (Å²) in [5.41, 5.74) is 0.506. The molecular weight excluding hydrogens is 186 g/mol.